The predicted molar refractivity (Wildman–Crippen MR) is 115 cm³/mol. The van der Waals surface area contributed by atoms with E-state index in [0.717, 1.165) is 5.56 Å². The van der Waals surface area contributed by atoms with Gasteiger partial charge in [-0.25, -0.2) is 4.79 Å². The SMILES string of the molecule is CCN(C(=O)C(C)NC(=O)OC(C)(C)C)C(C(=O)NCC(=O)OC)c1cccc(C)c1. The molecule has 0 spiro atoms. The number of benzene rings is 1. The summed E-state index contributed by atoms with van der Waals surface area (Å²) in [4.78, 5) is 51.0. The van der Waals surface area contributed by atoms with Gasteiger partial charge in [0.1, 0.15) is 24.2 Å². The molecule has 0 bridgehead atoms. The maximum absolute atomic E-state index is 13.2. The number of carbonyl (C=O) groups excluding carboxylic acids is 4. The molecule has 0 aliphatic rings. The molecular weight excluding hydrogens is 402 g/mol. The van der Waals surface area contributed by atoms with Crippen LogP contribution in [0.15, 0.2) is 24.3 Å². The smallest absolute Gasteiger partial charge is 0.408 e. The van der Waals surface area contributed by atoms with Gasteiger partial charge in [0.15, 0.2) is 0 Å². The van der Waals surface area contributed by atoms with Gasteiger partial charge in [0.2, 0.25) is 11.8 Å². The number of likely N-dealkylation sites (N-methyl/N-ethyl adjacent to an activating group) is 1. The fourth-order valence-corrected chi connectivity index (χ4v) is 2.90. The Morgan fingerprint density at radius 2 is 1.81 bits per heavy atom. The average Bonchev–Trinajstić information content (AvgIpc) is 2.67. The first-order chi connectivity index (χ1) is 14.4. The minimum atomic E-state index is -0.995. The van der Waals surface area contributed by atoms with Crippen molar-refractivity contribution in [2.45, 2.75) is 59.2 Å². The summed E-state index contributed by atoms with van der Waals surface area (Å²) in [7, 11) is 1.22. The molecular formula is C22H33N3O6. The van der Waals surface area contributed by atoms with E-state index < -0.39 is 41.6 Å². The zero-order chi connectivity index (χ0) is 23.8. The van der Waals surface area contributed by atoms with Crippen LogP contribution in [0.3, 0.4) is 0 Å². The maximum atomic E-state index is 13.2. The quantitative estimate of drug-likeness (QED) is 0.605. The van der Waals surface area contributed by atoms with Crippen molar-refractivity contribution in [2.24, 2.45) is 0 Å². The summed E-state index contributed by atoms with van der Waals surface area (Å²) in [5.41, 5.74) is 0.781. The standard InChI is InChI=1S/C22H33N3O6/c1-8-25(20(28)15(3)24-21(29)31-22(4,5)6)18(16-11-9-10-14(2)12-16)19(27)23-13-17(26)30-7/h9-12,15,18H,8,13H2,1-7H3,(H,23,27)(H,24,29). The Morgan fingerprint density at radius 3 is 2.32 bits per heavy atom. The molecule has 0 fully saturated rings. The van der Waals surface area contributed by atoms with Gasteiger partial charge in [-0.05, 0) is 47.1 Å². The molecule has 0 radical (unpaired) electrons. The van der Waals surface area contributed by atoms with Gasteiger partial charge >= 0.3 is 12.1 Å². The lowest BCUT2D eigenvalue weighted by Gasteiger charge is -2.32. The zero-order valence-corrected chi connectivity index (χ0v) is 19.3. The van der Waals surface area contributed by atoms with Gasteiger partial charge in [-0.1, -0.05) is 29.8 Å². The molecule has 31 heavy (non-hydrogen) atoms. The van der Waals surface area contributed by atoms with Gasteiger partial charge in [0, 0.05) is 6.54 Å². The van der Waals surface area contributed by atoms with Crippen LogP contribution in [-0.2, 0) is 23.9 Å². The first kappa shape index (κ1) is 25.9. The number of alkyl carbamates (subject to hydrolysis) is 1. The van der Waals surface area contributed by atoms with Crippen molar-refractivity contribution >= 4 is 23.9 Å². The second-order valence-corrected chi connectivity index (χ2v) is 8.10. The van der Waals surface area contributed by atoms with Crippen molar-refractivity contribution in [3.8, 4) is 0 Å². The molecule has 172 valence electrons. The molecule has 1 aromatic rings. The third-order valence-electron chi connectivity index (χ3n) is 4.28. The third-order valence-corrected chi connectivity index (χ3v) is 4.28. The molecule has 2 N–H and O–H groups in total. The fourth-order valence-electron chi connectivity index (χ4n) is 2.90. The molecule has 0 aromatic heterocycles. The Bertz CT molecular complexity index is 803. The van der Waals surface area contributed by atoms with E-state index in [1.54, 1.807) is 45.9 Å². The topological polar surface area (TPSA) is 114 Å². The van der Waals surface area contributed by atoms with Gasteiger partial charge in [0.05, 0.1) is 7.11 Å². The normalized spacial score (nSPS) is 12.9. The lowest BCUT2D eigenvalue weighted by molar-refractivity contribution is -0.144. The van der Waals surface area contributed by atoms with Crippen molar-refractivity contribution in [2.75, 3.05) is 20.2 Å². The molecule has 2 unspecified atom stereocenters. The van der Waals surface area contributed by atoms with Crippen molar-refractivity contribution in [3.63, 3.8) is 0 Å². The molecule has 9 nitrogen and oxygen atoms in total. The molecule has 9 heteroatoms. The zero-order valence-electron chi connectivity index (χ0n) is 19.3. The summed E-state index contributed by atoms with van der Waals surface area (Å²) >= 11 is 0. The summed E-state index contributed by atoms with van der Waals surface area (Å²) in [5, 5.41) is 5.02. The molecule has 0 saturated carbocycles. The summed E-state index contributed by atoms with van der Waals surface area (Å²) < 4.78 is 9.77. The highest BCUT2D eigenvalue weighted by Gasteiger charge is 2.34. The number of hydrogen-bond acceptors (Lipinski definition) is 6. The van der Waals surface area contributed by atoms with Crippen LogP contribution in [0.5, 0.6) is 0 Å². The lowest BCUT2D eigenvalue weighted by atomic mass is 10.0. The highest BCUT2D eigenvalue weighted by Crippen LogP contribution is 2.23. The van der Waals surface area contributed by atoms with Crippen LogP contribution in [0.1, 0.15) is 51.8 Å². The molecule has 0 aliphatic carbocycles. The number of carbonyl (C=O) groups is 4. The van der Waals surface area contributed by atoms with E-state index in [1.165, 1.54) is 18.9 Å². The van der Waals surface area contributed by atoms with Gasteiger partial charge in [0.25, 0.3) is 0 Å². The lowest BCUT2D eigenvalue weighted by Crippen LogP contribution is -2.52. The Kier molecular flexibility index (Phi) is 9.48. The highest BCUT2D eigenvalue weighted by molar-refractivity contribution is 5.93. The first-order valence-corrected chi connectivity index (χ1v) is 10.1. The number of esters is 1. The van der Waals surface area contributed by atoms with E-state index >= 15 is 0 Å². The van der Waals surface area contributed by atoms with Crippen LogP contribution in [0, 0.1) is 6.92 Å². The monoisotopic (exact) mass is 435 g/mol. The molecule has 0 aliphatic heterocycles. The Hall–Kier alpha value is -3.10. The van der Waals surface area contributed by atoms with Crippen LogP contribution in [0.4, 0.5) is 4.79 Å². The van der Waals surface area contributed by atoms with Crippen molar-refractivity contribution in [1.82, 2.24) is 15.5 Å². The minimum absolute atomic E-state index is 0.198. The van der Waals surface area contributed by atoms with E-state index in [1.807, 2.05) is 13.0 Å². The average molecular weight is 436 g/mol. The van der Waals surface area contributed by atoms with E-state index in [-0.39, 0.29) is 13.1 Å². The summed E-state index contributed by atoms with van der Waals surface area (Å²) in [6.45, 7) is 10.2. The molecule has 3 amide bonds. The number of nitrogens with zero attached hydrogens (tertiary/aromatic N) is 1. The number of amides is 3. The highest BCUT2D eigenvalue weighted by atomic mass is 16.6. The second-order valence-electron chi connectivity index (χ2n) is 8.10. The first-order valence-electron chi connectivity index (χ1n) is 10.1. The molecule has 0 saturated heterocycles. The van der Waals surface area contributed by atoms with Crippen LogP contribution >= 0.6 is 0 Å². The van der Waals surface area contributed by atoms with Gasteiger partial charge < -0.3 is 25.0 Å². The molecule has 0 heterocycles. The maximum Gasteiger partial charge on any atom is 0.408 e. The van der Waals surface area contributed by atoms with Gasteiger partial charge in [-0.2, -0.15) is 0 Å². The van der Waals surface area contributed by atoms with Gasteiger partial charge in [-0.3, -0.25) is 14.4 Å². The van der Waals surface area contributed by atoms with Gasteiger partial charge in [-0.15, -0.1) is 0 Å². The molecule has 2 atom stereocenters. The van der Waals surface area contributed by atoms with E-state index in [9.17, 15) is 19.2 Å². The number of nitrogens with one attached hydrogen (secondary N) is 2. The molecule has 1 rings (SSSR count). The largest absolute Gasteiger partial charge is 0.468 e. The third kappa shape index (κ3) is 8.27. The van der Waals surface area contributed by atoms with Crippen LogP contribution in [-0.4, -0.2) is 60.6 Å². The van der Waals surface area contributed by atoms with Crippen molar-refractivity contribution in [3.05, 3.63) is 35.4 Å². The molecule has 1 aromatic carbocycles. The fraction of sp³-hybridized carbons (Fsp3) is 0.545. The Balaban J connectivity index is 3.15. The van der Waals surface area contributed by atoms with Crippen LogP contribution < -0.4 is 10.6 Å². The number of ether oxygens (including phenoxy) is 2. The predicted octanol–water partition coefficient (Wildman–Crippen LogP) is 2.09. The van der Waals surface area contributed by atoms with Crippen molar-refractivity contribution < 1.29 is 28.7 Å². The van der Waals surface area contributed by atoms with E-state index in [4.69, 9.17) is 4.74 Å². The van der Waals surface area contributed by atoms with Crippen LogP contribution in [0.2, 0.25) is 0 Å². The van der Waals surface area contributed by atoms with Crippen molar-refractivity contribution in [1.29, 1.82) is 0 Å². The summed E-state index contributed by atoms with van der Waals surface area (Å²) in [6.07, 6.45) is -0.730. The summed E-state index contributed by atoms with van der Waals surface area (Å²) in [6, 6.07) is 5.26. The summed E-state index contributed by atoms with van der Waals surface area (Å²) in [5.74, 6) is -1.60. The number of methoxy groups -OCH3 is 1. The number of rotatable bonds is 8. The minimum Gasteiger partial charge on any atom is -0.468 e. The number of hydrogen-bond donors (Lipinski definition) is 2. The Morgan fingerprint density at radius 1 is 1.16 bits per heavy atom. The Labute approximate surface area is 183 Å². The van der Waals surface area contributed by atoms with Crippen LogP contribution in [0.25, 0.3) is 0 Å². The number of aryl methyl sites for hydroxylation is 1. The van der Waals surface area contributed by atoms with E-state index in [0.29, 0.717) is 5.56 Å². The van der Waals surface area contributed by atoms with E-state index in [2.05, 4.69) is 15.4 Å². The second kappa shape index (κ2) is 11.3.